The largest absolute Gasteiger partial charge is 0.417 e. The summed E-state index contributed by atoms with van der Waals surface area (Å²) < 4.78 is 53.4. The summed E-state index contributed by atoms with van der Waals surface area (Å²) in [5, 5.41) is 0.341. The van der Waals surface area contributed by atoms with Crippen molar-refractivity contribution in [2.75, 3.05) is 0 Å². The molecule has 3 aromatic rings. The van der Waals surface area contributed by atoms with Crippen LogP contribution in [0.25, 0.3) is 10.9 Å². The number of fused-ring (bicyclic) bond motifs is 1. The zero-order valence-corrected chi connectivity index (χ0v) is 13.5. The van der Waals surface area contributed by atoms with Gasteiger partial charge < -0.3 is 4.57 Å². The first-order valence-electron chi connectivity index (χ1n) is 6.61. The number of benzene rings is 2. The number of halogens is 4. The van der Waals surface area contributed by atoms with Crippen LogP contribution >= 0.6 is 11.6 Å². The van der Waals surface area contributed by atoms with Gasteiger partial charge in [-0.2, -0.15) is 13.2 Å². The van der Waals surface area contributed by atoms with Gasteiger partial charge in [-0.3, -0.25) is 0 Å². The van der Waals surface area contributed by atoms with Gasteiger partial charge >= 0.3 is 6.18 Å². The van der Waals surface area contributed by atoms with Crippen LogP contribution in [0.5, 0.6) is 0 Å². The van der Waals surface area contributed by atoms with Crippen molar-refractivity contribution in [3.63, 3.8) is 0 Å². The van der Waals surface area contributed by atoms with Crippen molar-refractivity contribution in [2.24, 2.45) is 7.05 Å². The quantitative estimate of drug-likeness (QED) is 0.631. The smallest absolute Gasteiger partial charge is 0.349 e. The van der Waals surface area contributed by atoms with Crippen LogP contribution in [0.15, 0.2) is 58.5 Å². The molecule has 23 heavy (non-hydrogen) atoms. The third kappa shape index (κ3) is 2.88. The van der Waals surface area contributed by atoms with Gasteiger partial charge in [-0.1, -0.05) is 29.8 Å². The molecule has 7 heteroatoms. The highest BCUT2D eigenvalue weighted by Crippen LogP contribution is 2.37. The van der Waals surface area contributed by atoms with Crippen molar-refractivity contribution in [2.45, 2.75) is 16.0 Å². The minimum absolute atomic E-state index is 0.0677. The first-order chi connectivity index (χ1) is 10.8. The Morgan fingerprint density at radius 1 is 1.13 bits per heavy atom. The molecule has 0 bridgehead atoms. The Hall–Kier alpha value is -1.79. The maximum atomic E-state index is 13.0. The lowest BCUT2D eigenvalue weighted by molar-refractivity contribution is -0.137. The van der Waals surface area contributed by atoms with E-state index in [1.165, 1.54) is 6.07 Å². The van der Waals surface area contributed by atoms with Crippen molar-refractivity contribution in [1.82, 2.24) is 4.57 Å². The van der Waals surface area contributed by atoms with E-state index in [1.807, 2.05) is 12.1 Å². The highest BCUT2D eigenvalue weighted by atomic mass is 35.5. The zero-order chi connectivity index (χ0) is 16.8. The van der Waals surface area contributed by atoms with Gasteiger partial charge in [0.15, 0.2) is 0 Å². The molecule has 1 unspecified atom stereocenters. The lowest BCUT2D eigenvalue weighted by atomic mass is 10.2. The molecule has 0 aliphatic carbocycles. The maximum Gasteiger partial charge on any atom is 0.417 e. The Morgan fingerprint density at radius 3 is 2.52 bits per heavy atom. The highest BCUT2D eigenvalue weighted by molar-refractivity contribution is 7.85. The molecular formula is C16H11ClF3NOS. The molecular weight excluding hydrogens is 347 g/mol. The van der Waals surface area contributed by atoms with Gasteiger partial charge in [0.1, 0.15) is 0 Å². The Labute approximate surface area is 137 Å². The van der Waals surface area contributed by atoms with Gasteiger partial charge in [-0.05, 0) is 24.3 Å². The van der Waals surface area contributed by atoms with Crippen molar-refractivity contribution < 1.29 is 17.4 Å². The second-order valence-corrected chi connectivity index (χ2v) is 6.89. The van der Waals surface area contributed by atoms with Gasteiger partial charge in [0.25, 0.3) is 0 Å². The van der Waals surface area contributed by atoms with Crippen molar-refractivity contribution in [3.05, 3.63) is 59.2 Å². The highest BCUT2D eigenvalue weighted by Gasteiger charge is 2.34. The molecule has 0 amide bonds. The lowest BCUT2D eigenvalue weighted by Gasteiger charge is -2.10. The van der Waals surface area contributed by atoms with E-state index in [-0.39, 0.29) is 4.90 Å². The van der Waals surface area contributed by atoms with Gasteiger partial charge in [-0.15, -0.1) is 0 Å². The summed E-state index contributed by atoms with van der Waals surface area (Å²) >= 11 is 5.61. The van der Waals surface area contributed by atoms with E-state index in [9.17, 15) is 17.4 Å². The average Bonchev–Trinajstić information content (AvgIpc) is 2.83. The standard InChI is InChI=1S/C16H11ClF3NOS/c1-21-9-15(11-4-2-3-5-14(11)21)23(22)10-6-7-13(17)12(8-10)16(18,19)20/h2-9H,1H3. The topological polar surface area (TPSA) is 22.0 Å². The second-order valence-electron chi connectivity index (χ2n) is 5.03. The number of aryl methyl sites for hydroxylation is 1. The van der Waals surface area contributed by atoms with E-state index in [4.69, 9.17) is 11.6 Å². The molecule has 0 saturated heterocycles. The molecule has 120 valence electrons. The zero-order valence-electron chi connectivity index (χ0n) is 11.9. The van der Waals surface area contributed by atoms with Crippen LogP contribution in [0.2, 0.25) is 5.02 Å². The Kier molecular flexibility index (Phi) is 3.98. The number of para-hydroxylation sites is 1. The summed E-state index contributed by atoms with van der Waals surface area (Å²) in [6.45, 7) is 0. The summed E-state index contributed by atoms with van der Waals surface area (Å²) in [6, 6.07) is 10.6. The van der Waals surface area contributed by atoms with Gasteiger partial charge in [0.05, 0.1) is 26.3 Å². The molecule has 2 nitrogen and oxygen atoms in total. The van der Waals surface area contributed by atoms with Crippen molar-refractivity contribution in [3.8, 4) is 0 Å². The monoisotopic (exact) mass is 357 g/mol. The predicted octanol–water partition coefficient (Wildman–Crippen LogP) is 5.02. The van der Waals surface area contributed by atoms with E-state index < -0.39 is 27.6 Å². The van der Waals surface area contributed by atoms with Gasteiger partial charge in [0, 0.05) is 29.0 Å². The van der Waals surface area contributed by atoms with Gasteiger partial charge in [0.2, 0.25) is 0 Å². The number of alkyl halides is 3. The molecule has 0 radical (unpaired) electrons. The third-order valence-electron chi connectivity index (χ3n) is 3.52. The fraction of sp³-hybridized carbons (Fsp3) is 0.125. The molecule has 1 atom stereocenters. The molecule has 0 N–H and O–H groups in total. The summed E-state index contributed by atoms with van der Waals surface area (Å²) in [5.74, 6) is 0. The fourth-order valence-electron chi connectivity index (χ4n) is 2.42. The van der Waals surface area contributed by atoms with Gasteiger partial charge in [-0.25, -0.2) is 4.21 Å². The summed E-state index contributed by atoms with van der Waals surface area (Å²) in [4.78, 5) is 0.539. The van der Waals surface area contributed by atoms with Crippen LogP contribution in [0.3, 0.4) is 0 Å². The molecule has 0 spiro atoms. The summed E-state index contributed by atoms with van der Waals surface area (Å²) in [6.07, 6.45) is -2.92. The lowest BCUT2D eigenvalue weighted by Crippen LogP contribution is -2.07. The first kappa shape index (κ1) is 16.1. The minimum Gasteiger partial charge on any atom is -0.349 e. The molecule has 2 aromatic carbocycles. The first-order valence-corrected chi connectivity index (χ1v) is 8.14. The Balaban J connectivity index is 2.13. The normalized spacial score (nSPS) is 13.4. The number of hydrogen-bond donors (Lipinski definition) is 0. The Morgan fingerprint density at radius 2 is 1.83 bits per heavy atom. The van der Waals surface area contributed by atoms with E-state index in [0.29, 0.717) is 4.90 Å². The van der Waals surface area contributed by atoms with Crippen molar-refractivity contribution >= 4 is 33.3 Å². The van der Waals surface area contributed by atoms with Crippen LogP contribution in [0, 0.1) is 0 Å². The van der Waals surface area contributed by atoms with E-state index in [2.05, 4.69) is 0 Å². The average molecular weight is 358 g/mol. The van der Waals surface area contributed by atoms with Crippen LogP contribution in [-0.4, -0.2) is 8.78 Å². The van der Waals surface area contributed by atoms with E-state index >= 15 is 0 Å². The number of rotatable bonds is 2. The SMILES string of the molecule is Cn1cc(S(=O)c2ccc(Cl)c(C(F)(F)F)c2)c2ccccc21. The predicted molar refractivity (Wildman–Crippen MR) is 84.0 cm³/mol. The molecule has 0 aliphatic heterocycles. The molecule has 1 heterocycles. The molecule has 0 aliphatic rings. The van der Waals surface area contributed by atoms with Crippen LogP contribution < -0.4 is 0 Å². The van der Waals surface area contributed by atoms with Crippen LogP contribution in [-0.2, 0) is 24.0 Å². The van der Waals surface area contributed by atoms with E-state index in [1.54, 1.807) is 29.9 Å². The van der Waals surface area contributed by atoms with Crippen molar-refractivity contribution in [1.29, 1.82) is 0 Å². The molecule has 0 fully saturated rings. The third-order valence-corrected chi connectivity index (χ3v) is 5.25. The summed E-state index contributed by atoms with van der Waals surface area (Å²) in [7, 11) is 0.0643. The number of aromatic nitrogens is 1. The molecule has 0 saturated carbocycles. The minimum atomic E-state index is -4.59. The van der Waals surface area contributed by atoms with E-state index in [0.717, 1.165) is 23.0 Å². The van der Waals surface area contributed by atoms with Crippen LogP contribution in [0.4, 0.5) is 13.2 Å². The number of hydrogen-bond acceptors (Lipinski definition) is 1. The number of nitrogens with zero attached hydrogens (tertiary/aromatic N) is 1. The fourth-order valence-corrected chi connectivity index (χ4v) is 3.94. The van der Waals surface area contributed by atoms with Crippen LogP contribution in [0.1, 0.15) is 5.56 Å². The molecule has 3 rings (SSSR count). The molecule has 1 aromatic heterocycles. The Bertz CT molecular complexity index is 917. The second kappa shape index (κ2) is 5.69. The summed E-state index contributed by atoms with van der Waals surface area (Å²) in [5.41, 5.74) is -0.119. The maximum absolute atomic E-state index is 13.0.